The van der Waals surface area contributed by atoms with Gasteiger partial charge in [-0.15, -0.1) is 0 Å². The van der Waals surface area contributed by atoms with Crippen molar-refractivity contribution in [3.63, 3.8) is 0 Å². The molecule has 30 heavy (non-hydrogen) atoms. The summed E-state index contributed by atoms with van der Waals surface area (Å²) < 4.78 is 7.93. The summed E-state index contributed by atoms with van der Waals surface area (Å²) in [7, 11) is 1.29. The van der Waals surface area contributed by atoms with Crippen molar-refractivity contribution < 1.29 is 9.53 Å². The maximum Gasteiger partial charge on any atom is 0.337 e. The molecule has 8 nitrogen and oxygen atoms in total. The van der Waals surface area contributed by atoms with Crippen molar-refractivity contribution in [2.75, 3.05) is 7.11 Å². The minimum absolute atomic E-state index is 0.0586. The molecule has 0 bridgehead atoms. The van der Waals surface area contributed by atoms with Crippen molar-refractivity contribution in [2.45, 2.75) is 6.54 Å². The van der Waals surface area contributed by atoms with Gasteiger partial charge >= 0.3 is 11.7 Å². The average molecular weight is 514 g/mol. The Labute approximate surface area is 183 Å². The van der Waals surface area contributed by atoms with Gasteiger partial charge in [0.25, 0.3) is 5.56 Å². The molecule has 0 aliphatic heterocycles. The first-order valence-electron chi connectivity index (χ1n) is 8.89. The number of esters is 1. The van der Waals surface area contributed by atoms with Crippen molar-refractivity contribution in [3.05, 3.63) is 96.6 Å². The van der Waals surface area contributed by atoms with Crippen molar-refractivity contribution in [1.82, 2.24) is 19.1 Å². The minimum atomic E-state index is -0.562. The van der Waals surface area contributed by atoms with Gasteiger partial charge in [-0.05, 0) is 58.5 Å². The third-order valence-corrected chi connectivity index (χ3v) is 5.46. The molecule has 1 aromatic carbocycles. The second kappa shape index (κ2) is 8.19. The fourth-order valence-corrected chi connectivity index (χ4v) is 3.80. The molecule has 0 aliphatic carbocycles. The number of ether oxygens (including phenoxy) is 1. The summed E-state index contributed by atoms with van der Waals surface area (Å²) in [5, 5.41) is 0.324. The molecule has 4 aromatic rings. The number of hydrogen-bond donors (Lipinski definition) is 0. The Balaban J connectivity index is 2.05. The van der Waals surface area contributed by atoms with E-state index < -0.39 is 17.2 Å². The number of benzene rings is 1. The fraction of sp³-hybridized carbons (Fsp3) is 0.0952. The van der Waals surface area contributed by atoms with Gasteiger partial charge in [0.15, 0.2) is 5.65 Å². The molecule has 0 saturated heterocycles. The topological polar surface area (TPSA) is 96.1 Å². The van der Waals surface area contributed by atoms with Crippen molar-refractivity contribution in [1.29, 1.82) is 0 Å². The molecule has 3 aromatic heterocycles. The Kier molecular flexibility index (Phi) is 5.44. The van der Waals surface area contributed by atoms with E-state index in [-0.39, 0.29) is 17.8 Å². The average Bonchev–Trinajstić information content (AvgIpc) is 2.77. The summed E-state index contributed by atoms with van der Waals surface area (Å²) in [6.45, 7) is 0.0586. The van der Waals surface area contributed by atoms with E-state index in [4.69, 9.17) is 4.74 Å². The second-order valence-electron chi connectivity index (χ2n) is 6.40. The molecule has 0 radical (unpaired) electrons. The zero-order valence-electron chi connectivity index (χ0n) is 15.8. The van der Waals surface area contributed by atoms with Crippen LogP contribution in [0.3, 0.4) is 0 Å². The molecule has 0 unspecified atom stereocenters. The number of aromatic nitrogens is 4. The van der Waals surface area contributed by atoms with Gasteiger partial charge in [0, 0.05) is 22.2 Å². The number of hydrogen-bond acceptors (Lipinski definition) is 6. The lowest BCUT2D eigenvalue weighted by Gasteiger charge is -2.14. The second-order valence-corrected chi connectivity index (χ2v) is 7.57. The monoisotopic (exact) mass is 514 g/mol. The number of carbonyl (C=O) groups excluding carboxylic acids is 1. The van der Waals surface area contributed by atoms with Crippen LogP contribution in [-0.4, -0.2) is 32.2 Å². The van der Waals surface area contributed by atoms with E-state index in [1.54, 1.807) is 48.8 Å². The van der Waals surface area contributed by atoms with E-state index in [1.165, 1.54) is 23.9 Å². The summed E-state index contributed by atoms with van der Waals surface area (Å²) >= 11 is 2.05. The van der Waals surface area contributed by atoms with E-state index in [0.717, 1.165) is 4.57 Å². The zero-order valence-corrected chi connectivity index (χ0v) is 17.9. The molecule has 0 atom stereocenters. The van der Waals surface area contributed by atoms with Crippen LogP contribution < -0.4 is 11.2 Å². The molecular weight excluding hydrogens is 499 g/mol. The third kappa shape index (κ3) is 3.52. The SMILES string of the molecule is COC(=O)c1cccc(-n2c(=O)n(Cc3cccnc3)c(=O)c3c(I)ccnc32)c1. The van der Waals surface area contributed by atoms with Gasteiger partial charge in [-0.3, -0.25) is 14.3 Å². The molecular formula is C21H15IN4O4. The van der Waals surface area contributed by atoms with E-state index in [9.17, 15) is 14.4 Å². The lowest BCUT2D eigenvalue weighted by atomic mass is 10.2. The van der Waals surface area contributed by atoms with Gasteiger partial charge in [0.2, 0.25) is 0 Å². The molecule has 3 heterocycles. The Morgan fingerprint density at radius 1 is 1.13 bits per heavy atom. The highest BCUT2D eigenvalue weighted by Gasteiger charge is 2.18. The summed E-state index contributed by atoms with van der Waals surface area (Å²) in [5.41, 5.74) is 0.629. The predicted octanol–water partition coefficient (Wildman–Crippen LogP) is 2.38. The standard InChI is InChI=1S/C21H15IN4O4/c1-30-20(28)14-5-2-6-15(10-14)26-18-17(16(22)7-9-24-18)19(27)25(21(26)29)12-13-4-3-8-23-11-13/h2-11H,12H2,1H3. The highest BCUT2D eigenvalue weighted by Crippen LogP contribution is 2.18. The Morgan fingerprint density at radius 3 is 2.70 bits per heavy atom. The molecule has 0 N–H and O–H groups in total. The number of rotatable bonds is 4. The Hall–Kier alpha value is -3.34. The minimum Gasteiger partial charge on any atom is -0.465 e. The Bertz CT molecular complexity index is 1380. The van der Waals surface area contributed by atoms with Crippen LogP contribution in [-0.2, 0) is 11.3 Å². The van der Waals surface area contributed by atoms with Crippen LogP contribution in [0.2, 0.25) is 0 Å². The smallest absolute Gasteiger partial charge is 0.337 e. The molecule has 0 saturated carbocycles. The summed E-state index contributed by atoms with van der Waals surface area (Å²) in [4.78, 5) is 46.9. The number of methoxy groups -OCH3 is 1. The summed E-state index contributed by atoms with van der Waals surface area (Å²) in [6.07, 6.45) is 4.76. The van der Waals surface area contributed by atoms with Crippen molar-refractivity contribution >= 4 is 39.6 Å². The van der Waals surface area contributed by atoms with E-state index in [0.29, 0.717) is 20.2 Å². The molecule has 0 amide bonds. The number of halogens is 1. The quantitative estimate of drug-likeness (QED) is 0.307. The number of carbonyl (C=O) groups is 1. The first-order valence-corrected chi connectivity index (χ1v) is 9.97. The molecule has 0 spiro atoms. The Morgan fingerprint density at radius 2 is 1.97 bits per heavy atom. The van der Waals surface area contributed by atoms with Gasteiger partial charge in [-0.2, -0.15) is 0 Å². The van der Waals surface area contributed by atoms with Crippen LogP contribution in [0.25, 0.3) is 16.7 Å². The summed E-state index contributed by atoms with van der Waals surface area (Å²) in [5.74, 6) is -0.527. The molecule has 150 valence electrons. The molecule has 0 aliphatic rings. The van der Waals surface area contributed by atoms with Gasteiger partial charge in [-0.1, -0.05) is 12.1 Å². The van der Waals surface area contributed by atoms with Crippen LogP contribution in [0.1, 0.15) is 15.9 Å². The first kappa shape index (κ1) is 20.0. The van der Waals surface area contributed by atoms with Crippen LogP contribution >= 0.6 is 22.6 Å². The van der Waals surface area contributed by atoms with Crippen LogP contribution in [0.5, 0.6) is 0 Å². The molecule has 0 fully saturated rings. The number of pyridine rings is 2. The lowest BCUT2D eigenvalue weighted by molar-refractivity contribution is 0.0600. The molecule has 9 heteroatoms. The number of nitrogens with zero attached hydrogens (tertiary/aromatic N) is 4. The van der Waals surface area contributed by atoms with E-state index >= 15 is 0 Å². The highest BCUT2D eigenvalue weighted by molar-refractivity contribution is 14.1. The van der Waals surface area contributed by atoms with Gasteiger partial charge in [-0.25, -0.2) is 19.1 Å². The van der Waals surface area contributed by atoms with Crippen molar-refractivity contribution in [2.24, 2.45) is 0 Å². The maximum atomic E-state index is 13.4. The largest absolute Gasteiger partial charge is 0.465 e. The van der Waals surface area contributed by atoms with Gasteiger partial charge < -0.3 is 4.74 Å². The lowest BCUT2D eigenvalue weighted by Crippen LogP contribution is -2.40. The molecule has 4 rings (SSSR count). The normalized spacial score (nSPS) is 10.9. The van der Waals surface area contributed by atoms with Gasteiger partial charge in [0.1, 0.15) is 0 Å². The van der Waals surface area contributed by atoms with Crippen molar-refractivity contribution in [3.8, 4) is 5.69 Å². The number of fused-ring (bicyclic) bond motifs is 1. The fourth-order valence-electron chi connectivity index (χ4n) is 3.16. The van der Waals surface area contributed by atoms with Crippen LogP contribution in [0.15, 0.2) is 70.6 Å². The van der Waals surface area contributed by atoms with E-state index in [2.05, 4.69) is 9.97 Å². The van der Waals surface area contributed by atoms with E-state index in [1.807, 2.05) is 22.6 Å². The first-order chi connectivity index (χ1) is 14.5. The third-order valence-electron chi connectivity index (χ3n) is 4.56. The predicted molar refractivity (Wildman–Crippen MR) is 119 cm³/mol. The maximum absolute atomic E-state index is 13.4. The summed E-state index contributed by atoms with van der Waals surface area (Å²) in [6, 6.07) is 11.7. The van der Waals surface area contributed by atoms with Crippen LogP contribution in [0, 0.1) is 3.57 Å². The highest BCUT2D eigenvalue weighted by atomic mass is 127. The van der Waals surface area contributed by atoms with Gasteiger partial charge in [0.05, 0.1) is 30.3 Å². The van der Waals surface area contributed by atoms with Crippen LogP contribution in [0.4, 0.5) is 0 Å². The zero-order chi connectivity index (χ0) is 21.3.